The minimum Gasteiger partial charge on any atom is -0.339 e. The highest BCUT2D eigenvalue weighted by Crippen LogP contribution is 2.35. The summed E-state index contributed by atoms with van der Waals surface area (Å²) >= 11 is 1.29. The summed E-state index contributed by atoms with van der Waals surface area (Å²) in [6.07, 6.45) is 1.16. The molecular formula is C22H24N4O5S2. The predicted molar refractivity (Wildman–Crippen MR) is 124 cm³/mol. The molecule has 1 amide bonds. The Morgan fingerprint density at radius 1 is 1.24 bits per heavy atom. The van der Waals surface area contributed by atoms with Gasteiger partial charge in [0.15, 0.2) is 5.78 Å². The normalized spacial score (nSPS) is 17.1. The standard InChI is InChI=1S/C22H24N4O5S2/c1-13(27)16-6-4-8-18(10-16)24-22(28)17-7-5-9-26(12-17)33(29,30)20-11-19(32-14(20)2)21-23-15(3)31-25-21/h4,6,8,10-11,17H,5,7,9,12H2,1-3H3,(H,24,28)/t17-/m1/s1. The topological polar surface area (TPSA) is 122 Å². The van der Waals surface area contributed by atoms with Crippen LogP contribution in [0.15, 0.2) is 39.8 Å². The molecule has 9 nitrogen and oxygen atoms in total. The fourth-order valence-electron chi connectivity index (χ4n) is 3.81. The number of thiophene rings is 1. The van der Waals surface area contributed by atoms with E-state index in [-0.39, 0.29) is 23.1 Å². The number of Topliss-reactive ketones (excluding diaryl/α,β-unsaturated/α-hetero) is 1. The zero-order valence-corrected chi connectivity index (χ0v) is 20.1. The van der Waals surface area contributed by atoms with Gasteiger partial charge in [-0.2, -0.15) is 9.29 Å². The number of rotatable bonds is 6. The zero-order chi connectivity index (χ0) is 23.8. The number of nitrogens with zero attached hydrogens (tertiary/aromatic N) is 3. The van der Waals surface area contributed by atoms with Gasteiger partial charge in [-0.05, 0) is 44.9 Å². The Morgan fingerprint density at radius 2 is 2.03 bits per heavy atom. The number of nitrogens with one attached hydrogen (secondary N) is 1. The van der Waals surface area contributed by atoms with E-state index in [4.69, 9.17) is 4.52 Å². The van der Waals surface area contributed by atoms with E-state index < -0.39 is 15.9 Å². The molecule has 4 rings (SSSR count). The number of ketones is 1. The van der Waals surface area contributed by atoms with Gasteiger partial charge in [0, 0.05) is 36.1 Å². The van der Waals surface area contributed by atoms with Gasteiger partial charge < -0.3 is 9.84 Å². The molecule has 1 fully saturated rings. The lowest BCUT2D eigenvalue weighted by atomic mass is 9.98. The summed E-state index contributed by atoms with van der Waals surface area (Å²) in [6.45, 7) is 5.31. The van der Waals surface area contributed by atoms with Crippen molar-refractivity contribution < 1.29 is 22.5 Å². The summed E-state index contributed by atoms with van der Waals surface area (Å²) < 4.78 is 33.2. The van der Waals surface area contributed by atoms with Gasteiger partial charge in [-0.3, -0.25) is 9.59 Å². The lowest BCUT2D eigenvalue weighted by Crippen LogP contribution is -2.43. The maximum absolute atomic E-state index is 13.4. The number of aryl methyl sites for hydroxylation is 2. The van der Waals surface area contributed by atoms with Crippen molar-refractivity contribution in [1.29, 1.82) is 0 Å². The fraction of sp³-hybridized carbons (Fsp3) is 0.364. The van der Waals surface area contributed by atoms with Crippen LogP contribution in [-0.2, 0) is 14.8 Å². The maximum Gasteiger partial charge on any atom is 0.244 e. The van der Waals surface area contributed by atoms with Gasteiger partial charge >= 0.3 is 0 Å². The van der Waals surface area contributed by atoms with Crippen LogP contribution < -0.4 is 5.32 Å². The number of hydrogen-bond acceptors (Lipinski definition) is 8. The molecule has 0 saturated carbocycles. The van der Waals surface area contributed by atoms with E-state index >= 15 is 0 Å². The van der Waals surface area contributed by atoms with E-state index in [0.717, 1.165) is 0 Å². The Bertz CT molecular complexity index is 1310. The lowest BCUT2D eigenvalue weighted by molar-refractivity contribution is -0.120. The molecule has 1 aliphatic rings. The number of anilines is 1. The van der Waals surface area contributed by atoms with E-state index in [1.165, 1.54) is 22.6 Å². The average Bonchev–Trinajstić information content (AvgIpc) is 3.40. The molecule has 3 heterocycles. The molecule has 33 heavy (non-hydrogen) atoms. The van der Waals surface area contributed by atoms with Gasteiger partial charge in [0.25, 0.3) is 0 Å². The van der Waals surface area contributed by atoms with Gasteiger partial charge in [0.05, 0.1) is 15.7 Å². The molecule has 0 bridgehead atoms. The van der Waals surface area contributed by atoms with E-state index in [0.29, 0.717) is 52.1 Å². The Labute approximate surface area is 195 Å². The summed E-state index contributed by atoms with van der Waals surface area (Å²) in [5.41, 5.74) is 1.02. The molecule has 3 aromatic rings. The third-order valence-electron chi connectivity index (χ3n) is 5.53. The van der Waals surface area contributed by atoms with Crippen molar-refractivity contribution in [2.75, 3.05) is 18.4 Å². The molecular weight excluding hydrogens is 464 g/mol. The Balaban J connectivity index is 1.51. The van der Waals surface area contributed by atoms with Crippen LogP contribution in [0.4, 0.5) is 5.69 Å². The van der Waals surface area contributed by atoms with Crippen molar-refractivity contribution in [1.82, 2.24) is 14.4 Å². The summed E-state index contributed by atoms with van der Waals surface area (Å²) in [5, 5.41) is 6.69. The molecule has 1 aromatic carbocycles. The third kappa shape index (κ3) is 4.90. The number of sulfonamides is 1. The second-order valence-corrected chi connectivity index (χ2v) is 11.2. The molecule has 0 unspecified atom stereocenters. The van der Waals surface area contributed by atoms with Crippen LogP contribution in [0, 0.1) is 19.8 Å². The number of piperidine rings is 1. The van der Waals surface area contributed by atoms with Gasteiger partial charge in [-0.25, -0.2) is 8.42 Å². The van der Waals surface area contributed by atoms with Crippen LogP contribution in [0.5, 0.6) is 0 Å². The SMILES string of the molecule is CC(=O)c1cccc(NC(=O)[C@@H]2CCCN(S(=O)(=O)c3cc(-c4noc(C)n4)sc3C)C2)c1. The molecule has 0 aliphatic carbocycles. The van der Waals surface area contributed by atoms with Crippen molar-refractivity contribution in [3.05, 3.63) is 46.7 Å². The van der Waals surface area contributed by atoms with Gasteiger partial charge in [-0.15, -0.1) is 11.3 Å². The van der Waals surface area contributed by atoms with Crippen molar-refractivity contribution in [3.63, 3.8) is 0 Å². The summed E-state index contributed by atoms with van der Waals surface area (Å²) in [4.78, 5) is 30.1. The van der Waals surface area contributed by atoms with Crippen molar-refractivity contribution >= 4 is 38.7 Å². The predicted octanol–water partition coefficient (Wildman–Crippen LogP) is 3.66. The molecule has 174 valence electrons. The molecule has 1 atom stereocenters. The van der Waals surface area contributed by atoms with E-state index in [1.54, 1.807) is 44.2 Å². The fourth-order valence-corrected chi connectivity index (χ4v) is 6.81. The summed E-state index contributed by atoms with van der Waals surface area (Å²) in [6, 6.07) is 8.27. The zero-order valence-electron chi connectivity index (χ0n) is 18.5. The van der Waals surface area contributed by atoms with Gasteiger partial charge in [-0.1, -0.05) is 17.3 Å². The summed E-state index contributed by atoms with van der Waals surface area (Å²) in [5.74, 6) is -0.0965. The number of benzene rings is 1. The first kappa shape index (κ1) is 23.3. The van der Waals surface area contributed by atoms with Gasteiger partial charge in [0.1, 0.15) is 0 Å². The minimum absolute atomic E-state index is 0.0898. The molecule has 0 spiro atoms. The molecule has 11 heteroatoms. The average molecular weight is 489 g/mol. The van der Waals surface area contributed by atoms with Crippen LogP contribution in [0.1, 0.15) is 40.9 Å². The minimum atomic E-state index is -3.80. The maximum atomic E-state index is 13.4. The number of carbonyl (C=O) groups is 2. The molecule has 2 aromatic heterocycles. The second kappa shape index (κ2) is 9.16. The van der Waals surface area contributed by atoms with E-state index in [1.807, 2.05) is 0 Å². The quantitative estimate of drug-likeness (QED) is 0.525. The van der Waals surface area contributed by atoms with E-state index in [9.17, 15) is 18.0 Å². The largest absolute Gasteiger partial charge is 0.339 e. The Kier molecular flexibility index (Phi) is 6.46. The van der Waals surface area contributed by atoms with Crippen molar-refractivity contribution in [2.45, 2.75) is 38.5 Å². The second-order valence-electron chi connectivity index (χ2n) is 8.00. The highest BCUT2D eigenvalue weighted by molar-refractivity contribution is 7.89. The van der Waals surface area contributed by atoms with Gasteiger partial charge in [0.2, 0.25) is 27.6 Å². The van der Waals surface area contributed by atoms with E-state index in [2.05, 4.69) is 15.5 Å². The first-order valence-corrected chi connectivity index (χ1v) is 12.7. The Morgan fingerprint density at radius 3 is 2.73 bits per heavy atom. The molecule has 1 aliphatic heterocycles. The van der Waals surface area contributed by atoms with Crippen LogP contribution in [0.25, 0.3) is 10.7 Å². The van der Waals surface area contributed by atoms with Crippen LogP contribution >= 0.6 is 11.3 Å². The summed E-state index contributed by atoms with van der Waals surface area (Å²) in [7, 11) is -3.80. The molecule has 1 N–H and O–H groups in total. The van der Waals surface area contributed by atoms with Crippen LogP contribution in [-0.4, -0.2) is 47.6 Å². The van der Waals surface area contributed by atoms with Crippen LogP contribution in [0.3, 0.4) is 0 Å². The Hall–Kier alpha value is -2.89. The van der Waals surface area contributed by atoms with Crippen molar-refractivity contribution in [3.8, 4) is 10.7 Å². The van der Waals surface area contributed by atoms with Crippen LogP contribution in [0.2, 0.25) is 0 Å². The first-order valence-electron chi connectivity index (χ1n) is 10.5. The monoisotopic (exact) mass is 488 g/mol. The first-order chi connectivity index (χ1) is 15.6. The molecule has 0 radical (unpaired) electrons. The third-order valence-corrected chi connectivity index (χ3v) is 8.70. The number of hydrogen-bond donors (Lipinski definition) is 1. The number of amides is 1. The smallest absolute Gasteiger partial charge is 0.244 e. The van der Waals surface area contributed by atoms with Crippen molar-refractivity contribution in [2.24, 2.45) is 5.92 Å². The lowest BCUT2D eigenvalue weighted by Gasteiger charge is -2.31. The number of aromatic nitrogens is 2. The number of carbonyl (C=O) groups excluding carboxylic acids is 2. The molecule has 1 saturated heterocycles. The highest BCUT2D eigenvalue weighted by atomic mass is 32.2. The highest BCUT2D eigenvalue weighted by Gasteiger charge is 2.35.